The number of aliphatic carboxylic acids is 1. The Morgan fingerprint density at radius 3 is 2.25 bits per heavy atom. The summed E-state index contributed by atoms with van der Waals surface area (Å²) < 4.78 is 5.67. The van der Waals surface area contributed by atoms with Crippen molar-refractivity contribution in [2.24, 2.45) is 16.2 Å². The minimum Gasteiger partial charge on any atom is -0.481 e. The third-order valence-corrected chi connectivity index (χ3v) is 6.56. The number of carbonyl (C=O) groups is 1. The highest BCUT2D eigenvalue weighted by molar-refractivity contribution is 5.76. The van der Waals surface area contributed by atoms with Gasteiger partial charge in [-0.05, 0) is 42.9 Å². The molecule has 0 aromatic carbocycles. The zero-order valence-corrected chi connectivity index (χ0v) is 13.1. The van der Waals surface area contributed by atoms with Crippen LogP contribution in [-0.4, -0.2) is 23.3 Å². The Labute approximate surface area is 122 Å². The largest absolute Gasteiger partial charge is 0.481 e. The smallest absolute Gasteiger partial charge is 0.310 e. The second-order valence-corrected chi connectivity index (χ2v) is 8.24. The molecule has 0 radical (unpaired) electrons. The van der Waals surface area contributed by atoms with Gasteiger partial charge in [-0.2, -0.15) is 0 Å². The van der Waals surface area contributed by atoms with Crippen molar-refractivity contribution < 1.29 is 14.6 Å². The Morgan fingerprint density at radius 1 is 1.10 bits per heavy atom. The lowest BCUT2D eigenvalue weighted by Crippen LogP contribution is -2.57. The fraction of sp³-hybridized carbons (Fsp3) is 0.941. The number of rotatable bonds is 2. The predicted octanol–water partition coefficient (Wildman–Crippen LogP) is 4.01. The van der Waals surface area contributed by atoms with Gasteiger partial charge >= 0.3 is 5.97 Å². The van der Waals surface area contributed by atoms with Crippen LogP contribution in [0.2, 0.25) is 0 Å². The highest BCUT2D eigenvalue weighted by atomic mass is 16.6. The molecule has 3 atom stereocenters. The molecule has 1 saturated heterocycles. The van der Waals surface area contributed by atoms with Crippen LogP contribution in [0, 0.1) is 16.2 Å². The van der Waals surface area contributed by atoms with E-state index in [9.17, 15) is 9.90 Å². The molecule has 114 valence electrons. The normalized spacial score (nSPS) is 40.0. The van der Waals surface area contributed by atoms with Gasteiger partial charge in [0.15, 0.2) is 0 Å². The summed E-state index contributed by atoms with van der Waals surface area (Å²) in [4.78, 5) is 12.3. The third kappa shape index (κ3) is 1.85. The average Bonchev–Trinajstić information content (AvgIpc) is 3.15. The summed E-state index contributed by atoms with van der Waals surface area (Å²) in [5.41, 5.74) is -0.599. The van der Waals surface area contributed by atoms with E-state index in [1.54, 1.807) is 0 Å². The van der Waals surface area contributed by atoms with E-state index in [0.29, 0.717) is 6.10 Å². The topological polar surface area (TPSA) is 49.8 Å². The van der Waals surface area contributed by atoms with Crippen molar-refractivity contribution in [3.63, 3.8) is 0 Å². The Balaban J connectivity index is 2.04. The van der Waals surface area contributed by atoms with E-state index in [0.717, 1.165) is 32.1 Å². The van der Waals surface area contributed by atoms with Crippen molar-refractivity contribution in [1.82, 2.24) is 0 Å². The summed E-state index contributed by atoms with van der Waals surface area (Å²) in [7, 11) is 0. The molecule has 3 unspecified atom stereocenters. The first-order valence-electron chi connectivity index (χ1n) is 8.21. The molecule has 1 heterocycles. The van der Waals surface area contributed by atoms with Crippen molar-refractivity contribution in [3.05, 3.63) is 0 Å². The molecule has 1 aliphatic heterocycles. The molecule has 3 fully saturated rings. The van der Waals surface area contributed by atoms with Crippen molar-refractivity contribution in [3.8, 4) is 0 Å². The van der Waals surface area contributed by atoms with E-state index in [2.05, 4.69) is 20.8 Å². The van der Waals surface area contributed by atoms with Gasteiger partial charge in [0.2, 0.25) is 0 Å². The van der Waals surface area contributed by atoms with Crippen LogP contribution in [0.3, 0.4) is 0 Å². The molecule has 0 amide bonds. The molecule has 0 aromatic rings. The molecule has 3 nitrogen and oxygen atoms in total. The van der Waals surface area contributed by atoms with Crippen molar-refractivity contribution in [2.45, 2.75) is 84.3 Å². The quantitative estimate of drug-likeness (QED) is 0.778. The zero-order valence-electron chi connectivity index (χ0n) is 13.1. The van der Waals surface area contributed by atoms with Gasteiger partial charge in [0.05, 0.1) is 17.6 Å². The van der Waals surface area contributed by atoms with Crippen molar-refractivity contribution in [2.75, 3.05) is 0 Å². The molecule has 20 heavy (non-hydrogen) atoms. The molecule has 0 spiro atoms. The maximum atomic E-state index is 12.3. The van der Waals surface area contributed by atoms with E-state index in [1.807, 2.05) is 0 Å². The highest BCUT2D eigenvalue weighted by Gasteiger charge is 2.66. The van der Waals surface area contributed by atoms with Gasteiger partial charge in [0, 0.05) is 0 Å². The van der Waals surface area contributed by atoms with E-state index in [4.69, 9.17) is 4.74 Å². The number of carboxylic acid groups (broad SMARTS) is 1. The van der Waals surface area contributed by atoms with Crippen LogP contribution in [-0.2, 0) is 9.53 Å². The van der Waals surface area contributed by atoms with E-state index in [1.165, 1.54) is 19.3 Å². The number of hydrogen-bond acceptors (Lipinski definition) is 2. The van der Waals surface area contributed by atoms with Gasteiger partial charge in [0.1, 0.15) is 0 Å². The maximum Gasteiger partial charge on any atom is 0.310 e. The summed E-state index contributed by atoms with van der Waals surface area (Å²) >= 11 is 0. The predicted molar refractivity (Wildman–Crippen MR) is 77.6 cm³/mol. The number of fused-ring (bicyclic) bond motifs is 1. The van der Waals surface area contributed by atoms with Gasteiger partial charge in [-0.25, -0.2) is 0 Å². The molecular formula is C17H28O3. The molecule has 3 heteroatoms. The maximum absolute atomic E-state index is 12.3. The molecular weight excluding hydrogens is 252 g/mol. The van der Waals surface area contributed by atoms with Gasteiger partial charge in [-0.3, -0.25) is 4.79 Å². The number of carboxylic acids is 1. The van der Waals surface area contributed by atoms with E-state index in [-0.39, 0.29) is 16.9 Å². The Kier molecular flexibility index (Phi) is 3.20. The van der Waals surface area contributed by atoms with Gasteiger partial charge in [-0.15, -0.1) is 0 Å². The first-order chi connectivity index (χ1) is 9.32. The summed E-state index contributed by atoms with van der Waals surface area (Å²) in [5, 5.41) is 10.2. The van der Waals surface area contributed by atoms with Crippen LogP contribution in [0.4, 0.5) is 0 Å². The Bertz CT molecular complexity index is 403. The summed E-state index contributed by atoms with van der Waals surface area (Å²) in [6.45, 7) is 6.76. The lowest BCUT2D eigenvalue weighted by molar-refractivity contribution is -0.178. The molecule has 3 rings (SSSR count). The second-order valence-electron chi connectivity index (χ2n) is 8.24. The monoisotopic (exact) mass is 280 g/mol. The average molecular weight is 280 g/mol. The number of epoxide rings is 1. The fourth-order valence-corrected chi connectivity index (χ4v) is 5.38. The lowest BCUT2D eigenvalue weighted by atomic mass is 9.44. The van der Waals surface area contributed by atoms with E-state index < -0.39 is 11.4 Å². The van der Waals surface area contributed by atoms with Gasteiger partial charge < -0.3 is 9.84 Å². The molecule has 3 aliphatic rings. The van der Waals surface area contributed by atoms with E-state index >= 15 is 0 Å². The summed E-state index contributed by atoms with van der Waals surface area (Å²) in [5.74, 6) is -0.566. The standard InChI is InChI=1S/C17H28O3/c1-15(2,3)17(8-5-4-6-9-17)16(14(18)19)10-7-12-13(11-16)20-12/h12-13H,4-11H2,1-3H3,(H,18,19). The first kappa shape index (κ1) is 14.4. The van der Waals surface area contributed by atoms with Crippen LogP contribution >= 0.6 is 0 Å². The van der Waals surface area contributed by atoms with Crippen LogP contribution in [0.15, 0.2) is 0 Å². The summed E-state index contributed by atoms with van der Waals surface area (Å²) in [6.07, 6.45) is 8.84. The van der Waals surface area contributed by atoms with Gasteiger partial charge in [0.25, 0.3) is 0 Å². The molecule has 2 saturated carbocycles. The van der Waals surface area contributed by atoms with Gasteiger partial charge in [-0.1, -0.05) is 40.0 Å². The van der Waals surface area contributed by atoms with Crippen LogP contribution in [0.1, 0.15) is 72.1 Å². The van der Waals surface area contributed by atoms with Crippen molar-refractivity contribution in [1.29, 1.82) is 0 Å². The summed E-state index contributed by atoms with van der Waals surface area (Å²) in [6, 6.07) is 0. The Hall–Kier alpha value is -0.570. The van der Waals surface area contributed by atoms with Crippen LogP contribution < -0.4 is 0 Å². The zero-order chi connectivity index (χ0) is 14.6. The van der Waals surface area contributed by atoms with Crippen LogP contribution in [0.5, 0.6) is 0 Å². The molecule has 1 N–H and O–H groups in total. The fourth-order valence-electron chi connectivity index (χ4n) is 5.38. The SMILES string of the molecule is CC(C)(C)C1(C2(C(=O)O)CCC3OC3C2)CCCCC1. The minimum atomic E-state index is -0.566. The van der Waals surface area contributed by atoms with Crippen molar-refractivity contribution >= 4 is 5.97 Å². The lowest BCUT2D eigenvalue weighted by Gasteiger charge is -2.58. The molecule has 0 bridgehead atoms. The first-order valence-corrected chi connectivity index (χ1v) is 8.21. The Morgan fingerprint density at radius 2 is 1.75 bits per heavy atom. The highest BCUT2D eigenvalue weighted by Crippen LogP contribution is 2.66. The number of ether oxygens (including phenoxy) is 1. The third-order valence-electron chi connectivity index (χ3n) is 6.56. The minimum absolute atomic E-state index is 0.0353. The second kappa shape index (κ2) is 4.46. The molecule has 0 aromatic heterocycles. The van der Waals surface area contributed by atoms with Crippen LogP contribution in [0.25, 0.3) is 0 Å². The number of hydrogen-bond donors (Lipinski definition) is 1. The molecule has 2 aliphatic carbocycles.